The molecule has 1 aliphatic heterocycles. The van der Waals surface area contributed by atoms with E-state index in [1.165, 1.54) is 7.11 Å². The summed E-state index contributed by atoms with van der Waals surface area (Å²) in [5.74, 6) is 0.442. The summed E-state index contributed by atoms with van der Waals surface area (Å²) < 4.78 is 10.7. The molecule has 1 saturated heterocycles. The van der Waals surface area contributed by atoms with E-state index in [0.29, 0.717) is 18.2 Å². The summed E-state index contributed by atoms with van der Waals surface area (Å²) in [5, 5.41) is 3.25. The van der Waals surface area contributed by atoms with Gasteiger partial charge in [-0.05, 0) is 55.7 Å². The first-order valence-electron chi connectivity index (χ1n) is 11.7. The molecule has 1 heterocycles. The normalized spacial score (nSPS) is 15.7. The summed E-state index contributed by atoms with van der Waals surface area (Å²) in [4.78, 5) is 33.3. The number of methoxy groups -OCH3 is 1. The van der Waals surface area contributed by atoms with Crippen molar-refractivity contribution in [2.24, 2.45) is 10.9 Å². The van der Waals surface area contributed by atoms with Gasteiger partial charge in [0, 0.05) is 6.54 Å². The lowest BCUT2D eigenvalue weighted by Gasteiger charge is -2.38. The van der Waals surface area contributed by atoms with Crippen LogP contribution in [0.25, 0.3) is 6.08 Å². The Labute approximate surface area is 207 Å². The molecule has 1 atom stereocenters. The zero-order valence-electron chi connectivity index (χ0n) is 21.1. The van der Waals surface area contributed by atoms with Crippen molar-refractivity contribution in [1.29, 1.82) is 0 Å². The van der Waals surface area contributed by atoms with E-state index in [9.17, 15) is 9.59 Å². The van der Waals surface area contributed by atoms with Crippen LogP contribution in [0.15, 0.2) is 54.0 Å². The second-order valence-electron chi connectivity index (χ2n) is 8.85. The quantitative estimate of drug-likeness (QED) is 0.528. The van der Waals surface area contributed by atoms with Crippen molar-refractivity contribution in [3.05, 3.63) is 65.7 Å². The van der Waals surface area contributed by atoms with Gasteiger partial charge in [0.15, 0.2) is 0 Å². The number of aryl methyl sites for hydroxylation is 1. The van der Waals surface area contributed by atoms with Gasteiger partial charge in [0.05, 0.1) is 38.0 Å². The Bertz CT molecular complexity index is 1090. The van der Waals surface area contributed by atoms with Crippen LogP contribution in [-0.4, -0.2) is 54.2 Å². The molecule has 1 N–H and O–H groups in total. The monoisotopic (exact) mass is 478 g/mol. The van der Waals surface area contributed by atoms with Gasteiger partial charge in [0.1, 0.15) is 5.75 Å². The van der Waals surface area contributed by atoms with E-state index in [0.717, 1.165) is 22.4 Å². The fraction of sp³-hybridized carbons (Fsp3) is 0.370. The fourth-order valence-electron chi connectivity index (χ4n) is 3.74. The molecule has 8 heteroatoms. The SMILES string of the molecule is C=Cc1ccc(CN2C(=O)N(C[C@H](C)C(=O)OC)CN/C2=N\c2ccc(OC(C)C)c(C)c2)cc1. The summed E-state index contributed by atoms with van der Waals surface area (Å²) in [7, 11) is 1.35. The highest BCUT2D eigenvalue weighted by molar-refractivity contribution is 5.99. The molecule has 0 bridgehead atoms. The summed E-state index contributed by atoms with van der Waals surface area (Å²) >= 11 is 0. The molecule has 2 aromatic rings. The largest absolute Gasteiger partial charge is 0.491 e. The number of urea groups is 1. The van der Waals surface area contributed by atoms with Crippen LogP contribution in [0.4, 0.5) is 10.5 Å². The standard InChI is InChI=1S/C27H34N4O4/c1-7-21-8-10-22(11-9-21)16-31-26(28-17-30(27(31)33)15-20(5)25(32)34-6)29-23-12-13-24(19(4)14-23)35-18(2)3/h7-14,18,20H,1,15-17H2,2-6H3,(H,28,29)/t20-/m0/s1. The van der Waals surface area contributed by atoms with Gasteiger partial charge >= 0.3 is 12.0 Å². The Morgan fingerprint density at radius 3 is 2.51 bits per heavy atom. The number of amides is 2. The Morgan fingerprint density at radius 2 is 1.91 bits per heavy atom. The lowest BCUT2D eigenvalue weighted by atomic mass is 10.1. The number of ether oxygens (including phenoxy) is 2. The summed E-state index contributed by atoms with van der Waals surface area (Å²) in [5.41, 5.74) is 3.61. The molecular weight excluding hydrogens is 444 g/mol. The van der Waals surface area contributed by atoms with Crippen LogP contribution in [0.5, 0.6) is 5.75 Å². The number of rotatable bonds is 9. The predicted octanol–water partition coefficient (Wildman–Crippen LogP) is 4.71. The first kappa shape index (κ1) is 25.8. The molecule has 2 aromatic carbocycles. The lowest BCUT2D eigenvalue weighted by Crippen LogP contribution is -2.60. The number of carbonyl (C=O) groups excluding carboxylic acids is 2. The predicted molar refractivity (Wildman–Crippen MR) is 137 cm³/mol. The molecule has 0 radical (unpaired) electrons. The maximum Gasteiger partial charge on any atom is 0.328 e. The minimum absolute atomic E-state index is 0.0739. The topological polar surface area (TPSA) is 83.5 Å². The summed E-state index contributed by atoms with van der Waals surface area (Å²) in [6.07, 6.45) is 1.85. The number of aliphatic imine (C=N–C) groups is 1. The van der Waals surface area contributed by atoms with Crippen molar-refractivity contribution in [2.75, 3.05) is 20.3 Å². The van der Waals surface area contributed by atoms with Crippen LogP contribution in [0.3, 0.4) is 0 Å². The van der Waals surface area contributed by atoms with E-state index in [-0.39, 0.29) is 31.3 Å². The molecule has 1 aliphatic rings. The fourth-order valence-corrected chi connectivity index (χ4v) is 3.74. The van der Waals surface area contributed by atoms with Gasteiger partial charge in [0.25, 0.3) is 0 Å². The molecule has 3 rings (SSSR count). The third-order valence-electron chi connectivity index (χ3n) is 5.60. The molecule has 0 aliphatic carbocycles. The molecule has 0 saturated carbocycles. The number of hydrogen-bond donors (Lipinski definition) is 1. The number of hydrogen-bond acceptors (Lipinski definition) is 5. The van der Waals surface area contributed by atoms with Crippen LogP contribution >= 0.6 is 0 Å². The Hall–Kier alpha value is -3.81. The van der Waals surface area contributed by atoms with Gasteiger partial charge in [-0.2, -0.15) is 0 Å². The minimum Gasteiger partial charge on any atom is -0.491 e. The zero-order valence-corrected chi connectivity index (χ0v) is 21.1. The maximum absolute atomic E-state index is 13.5. The molecule has 186 valence electrons. The average Bonchev–Trinajstić information content (AvgIpc) is 2.84. The van der Waals surface area contributed by atoms with Crippen LogP contribution in [0.1, 0.15) is 37.5 Å². The number of nitrogens with one attached hydrogen (secondary N) is 1. The zero-order chi connectivity index (χ0) is 25.5. The van der Waals surface area contributed by atoms with E-state index in [1.54, 1.807) is 22.8 Å². The summed E-state index contributed by atoms with van der Waals surface area (Å²) in [6.45, 7) is 12.3. The van der Waals surface area contributed by atoms with E-state index >= 15 is 0 Å². The number of nitrogens with zero attached hydrogens (tertiary/aromatic N) is 3. The Morgan fingerprint density at radius 1 is 1.20 bits per heavy atom. The molecule has 0 aromatic heterocycles. The second-order valence-corrected chi connectivity index (χ2v) is 8.85. The minimum atomic E-state index is -0.450. The Kier molecular flexibility index (Phi) is 8.52. The third kappa shape index (κ3) is 6.62. The lowest BCUT2D eigenvalue weighted by molar-refractivity contribution is -0.145. The van der Waals surface area contributed by atoms with E-state index < -0.39 is 5.92 Å². The van der Waals surface area contributed by atoms with Crippen LogP contribution in [0, 0.1) is 12.8 Å². The van der Waals surface area contributed by atoms with Gasteiger partial charge in [-0.15, -0.1) is 0 Å². The average molecular weight is 479 g/mol. The van der Waals surface area contributed by atoms with E-state index in [2.05, 4.69) is 11.9 Å². The number of esters is 1. The highest BCUT2D eigenvalue weighted by atomic mass is 16.5. The van der Waals surface area contributed by atoms with Gasteiger partial charge < -0.3 is 19.7 Å². The molecule has 2 amide bonds. The highest BCUT2D eigenvalue weighted by Crippen LogP contribution is 2.26. The third-order valence-corrected chi connectivity index (χ3v) is 5.60. The number of guanidine groups is 1. The van der Waals surface area contributed by atoms with Crippen LogP contribution in [-0.2, 0) is 16.1 Å². The molecule has 0 spiro atoms. The maximum atomic E-state index is 13.5. The molecule has 35 heavy (non-hydrogen) atoms. The van der Waals surface area contributed by atoms with Crippen molar-refractivity contribution in [3.8, 4) is 5.75 Å². The second kappa shape index (κ2) is 11.6. The molecule has 1 fully saturated rings. The molecule has 8 nitrogen and oxygen atoms in total. The van der Waals surface area contributed by atoms with Gasteiger partial charge in [-0.1, -0.05) is 43.8 Å². The van der Waals surface area contributed by atoms with Gasteiger partial charge in [-0.3, -0.25) is 9.69 Å². The van der Waals surface area contributed by atoms with Gasteiger partial charge in [0.2, 0.25) is 5.96 Å². The van der Waals surface area contributed by atoms with Crippen molar-refractivity contribution >= 4 is 29.7 Å². The van der Waals surface area contributed by atoms with Crippen molar-refractivity contribution in [1.82, 2.24) is 15.1 Å². The Balaban J connectivity index is 1.89. The van der Waals surface area contributed by atoms with Crippen molar-refractivity contribution < 1.29 is 19.1 Å². The van der Waals surface area contributed by atoms with E-state index in [1.807, 2.05) is 63.2 Å². The van der Waals surface area contributed by atoms with Crippen LogP contribution < -0.4 is 10.1 Å². The molecular formula is C27H34N4O4. The number of carbonyl (C=O) groups is 2. The first-order chi connectivity index (χ1) is 16.7. The summed E-state index contributed by atoms with van der Waals surface area (Å²) in [6, 6.07) is 13.3. The van der Waals surface area contributed by atoms with Gasteiger partial charge in [-0.25, -0.2) is 9.79 Å². The smallest absolute Gasteiger partial charge is 0.328 e. The first-order valence-corrected chi connectivity index (χ1v) is 11.7. The highest BCUT2D eigenvalue weighted by Gasteiger charge is 2.32. The van der Waals surface area contributed by atoms with Crippen LogP contribution in [0.2, 0.25) is 0 Å². The molecule has 0 unspecified atom stereocenters. The van der Waals surface area contributed by atoms with Crippen molar-refractivity contribution in [2.45, 2.75) is 40.3 Å². The number of benzene rings is 2. The van der Waals surface area contributed by atoms with Crippen molar-refractivity contribution in [3.63, 3.8) is 0 Å². The van der Waals surface area contributed by atoms with E-state index in [4.69, 9.17) is 14.5 Å².